The van der Waals surface area contributed by atoms with Gasteiger partial charge in [0.05, 0.1) is 5.39 Å². The van der Waals surface area contributed by atoms with Gasteiger partial charge < -0.3 is 4.90 Å². The Labute approximate surface area is 156 Å². The van der Waals surface area contributed by atoms with Gasteiger partial charge in [-0.2, -0.15) is 0 Å². The van der Waals surface area contributed by atoms with Crippen LogP contribution in [-0.2, 0) is 6.42 Å². The lowest BCUT2D eigenvalue weighted by atomic mass is 9.87. The molecule has 0 aromatic carbocycles. The van der Waals surface area contributed by atoms with Gasteiger partial charge in [0.25, 0.3) is 5.91 Å². The molecule has 1 amide bonds. The minimum absolute atomic E-state index is 0.0504. The van der Waals surface area contributed by atoms with Crippen LogP contribution >= 0.6 is 11.3 Å². The molecule has 0 saturated carbocycles. The van der Waals surface area contributed by atoms with E-state index in [0.717, 1.165) is 41.8 Å². The molecule has 0 unspecified atom stereocenters. The summed E-state index contributed by atoms with van der Waals surface area (Å²) in [5, 5.41) is 5.58. The van der Waals surface area contributed by atoms with Gasteiger partial charge in [-0.1, -0.05) is 13.8 Å². The van der Waals surface area contributed by atoms with Gasteiger partial charge in [-0.3, -0.25) is 4.79 Å². The zero-order chi connectivity index (χ0) is 17.8. The maximum atomic E-state index is 12.9. The summed E-state index contributed by atoms with van der Waals surface area (Å²) < 4.78 is 1.69. The lowest BCUT2D eigenvalue weighted by Gasteiger charge is -2.29. The second-order valence-electron chi connectivity index (χ2n) is 7.86. The van der Waals surface area contributed by atoms with E-state index in [-0.39, 0.29) is 5.91 Å². The first-order valence-electron chi connectivity index (χ1n) is 9.57. The van der Waals surface area contributed by atoms with Crippen LogP contribution in [0.15, 0.2) is 6.33 Å². The highest BCUT2D eigenvalue weighted by Gasteiger charge is 2.28. The zero-order valence-electron chi connectivity index (χ0n) is 15.2. The van der Waals surface area contributed by atoms with Gasteiger partial charge in [-0.15, -0.1) is 16.4 Å². The first-order valence-corrected chi connectivity index (χ1v) is 10.4. The Balaban J connectivity index is 1.62. The van der Waals surface area contributed by atoms with Crippen LogP contribution < -0.4 is 0 Å². The third-order valence-electron chi connectivity index (χ3n) is 5.81. The molecule has 26 heavy (non-hydrogen) atoms. The molecule has 4 heterocycles. The topological polar surface area (TPSA) is 63.4 Å². The number of rotatable bonds is 1. The summed E-state index contributed by atoms with van der Waals surface area (Å²) in [6.07, 6.45) is 7.51. The third kappa shape index (κ3) is 2.44. The number of piperidine rings is 1. The van der Waals surface area contributed by atoms with Gasteiger partial charge in [0.2, 0.25) is 5.82 Å². The number of carbonyl (C=O) groups is 1. The minimum Gasteiger partial charge on any atom is -0.336 e. The average Bonchev–Trinajstić information content (AvgIpc) is 3.22. The van der Waals surface area contributed by atoms with E-state index < -0.39 is 0 Å². The Hall–Kier alpha value is -2.02. The molecule has 136 valence electrons. The molecule has 0 bridgehead atoms. The minimum atomic E-state index is -0.0504. The fourth-order valence-corrected chi connectivity index (χ4v) is 5.79. The van der Waals surface area contributed by atoms with Crippen molar-refractivity contribution in [2.45, 2.75) is 51.9 Å². The molecule has 6 nitrogen and oxygen atoms in total. The first-order chi connectivity index (χ1) is 12.6. The summed E-state index contributed by atoms with van der Waals surface area (Å²) >= 11 is 1.78. The van der Waals surface area contributed by atoms with E-state index in [9.17, 15) is 4.79 Å². The van der Waals surface area contributed by atoms with Crippen LogP contribution in [-0.4, -0.2) is 43.5 Å². The lowest BCUT2D eigenvalue weighted by Crippen LogP contribution is -2.39. The maximum Gasteiger partial charge on any atom is 0.293 e. The molecule has 3 aromatic heterocycles. The fraction of sp³-hybridized carbons (Fsp3) is 0.579. The number of nitrogens with zero attached hydrogens (tertiary/aromatic N) is 5. The van der Waals surface area contributed by atoms with Gasteiger partial charge in [0.1, 0.15) is 11.2 Å². The summed E-state index contributed by atoms with van der Waals surface area (Å²) in [4.78, 5) is 26.6. The standard InChI is InChI=1S/C19H23N5OS/c1-11-5-4-8-23(9-11)19(25)16-21-17-15-14-12(2)6-3-7-13(14)26-18(15)20-10-24(17)22-16/h10-12H,3-9H2,1-2H3/t11-,12-/m0/s1. The summed E-state index contributed by atoms with van der Waals surface area (Å²) in [7, 11) is 0. The van der Waals surface area contributed by atoms with Crippen LogP contribution in [0, 0.1) is 5.92 Å². The zero-order valence-corrected chi connectivity index (χ0v) is 16.1. The van der Waals surface area contributed by atoms with Gasteiger partial charge in [0, 0.05) is 18.0 Å². The van der Waals surface area contributed by atoms with E-state index in [1.807, 2.05) is 4.90 Å². The van der Waals surface area contributed by atoms with E-state index in [0.29, 0.717) is 17.7 Å². The summed E-state index contributed by atoms with van der Waals surface area (Å²) in [5.74, 6) is 1.31. The van der Waals surface area contributed by atoms with Crippen molar-refractivity contribution in [1.82, 2.24) is 24.5 Å². The molecule has 7 heteroatoms. The van der Waals surface area contributed by atoms with Crippen LogP contribution in [0.1, 0.15) is 66.5 Å². The van der Waals surface area contributed by atoms with Gasteiger partial charge in [-0.25, -0.2) is 14.5 Å². The maximum absolute atomic E-state index is 12.9. The number of likely N-dealkylation sites (tertiary alicyclic amines) is 1. The molecule has 1 fully saturated rings. The molecule has 5 rings (SSSR count). The predicted octanol–water partition coefficient (Wildman–Crippen LogP) is 3.65. The molecule has 0 radical (unpaired) electrons. The van der Waals surface area contributed by atoms with Crippen LogP contribution in [0.5, 0.6) is 0 Å². The summed E-state index contributed by atoms with van der Waals surface area (Å²) in [6.45, 7) is 6.08. The van der Waals surface area contributed by atoms with Gasteiger partial charge in [-0.05, 0) is 49.5 Å². The van der Waals surface area contributed by atoms with Crippen molar-refractivity contribution in [3.63, 3.8) is 0 Å². The number of aryl methyl sites for hydroxylation is 1. The number of fused-ring (bicyclic) bond motifs is 5. The number of thiophene rings is 1. The van der Waals surface area contributed by atoms with E-state index in [1.54, 1.807) is 22.2 Å². The fourth-order valence-electron chi connectivity index (χ4n) is 4.49. The van der Waals surface area contributed by atoms with Crippen molar-refractivity contribution in [1.29, 1.82) is 0 Å². The number of carbonyl (C=O) groups excluding carboxylic acids is 1. The normalized spacial score (nSPS) is 23.5. The monoisotopic (exact) mass is 369 g/mol. The Morgan fingerprint density at radius 1 is 1.27 bits per heavy atom. The Kier molecular flexibility index (Phi) is 3.74. The highest BCUT2D eigenvalue weighted by atomic mass is 32.1. The largest absolute Gasteiger partial charge is 0.336 e. The molecule has 3 aromatic rings. The van der Waals surface area contributed by atoms with Crippen molar-refractivity contribution in [3.05, 3.63) is 22.6 Å². The number of hydrogen-bond donors (Lipinski definition) is 0. The molecule has 0 N–H and O–H groups in total. The molecule has 2 atom stereocenters. The molecule has 1 aliphatic heterocycles. The van der Waals surface area contributed by atoms with Crippen molar-refractivity contribution < 1.29 is 4.79 Å². The number of aromatic nitrogens is 4. The van der Waals surface area contributed by atoms with Gasteiger partial charge >= 0.3 is 0 Å². The van der Waals surface area contributed by atoms with E-state index in [1.165, 1.54) is 29.7 Å². The summed E-state index contributed by atoms with van der Waals surface area (Å²) in [5.41, 5.74) is 2.17. The molecule has 0 spiro atoms. The van der Waals surface area contributed by atoms with Crippen LogP contribution in [0.3, 0.4) is 0 Å². The van der Waals surface area contributed by atoms with E-state index in [2.05, 4.69) is 28.9 Å². The molecule has 2 aliphatic rings. The molecular weight excluding hydrogens is 346 g/mol. The second-order valence-corrected chi connectivity index (χ2v) is 8.94. The van der Waals surface area contributed by atoms with Crippen molar-refractivity contribution >= 4 is 33.1 Å². The lowest BCUT2D eigenvalue weighted by molar-refractivity contribution is 0.0671. The van der Waals surface area contributed by atoms with Crippen LogP contribution in [0.4, 0.5) is 0 Å². The van der Waals surface area contributed by atoms with Crippen molar-refractivity contribution in [3.8, 4) is 0 Å². The third-order valence-corrected chi connectivity index (χ3v) is 6.99. The van der Waals surface area contributed by atoms with Crippen LogP contribution in [0.2, 0.25) is 0 Å². The number of amides is 1. The summed E-state index contributed by atoms with van der Waals surface area (Å²) in [6, 6.07) is 0. The highest BCUT2D eigenvalue weighted by Crippen LogP contribution is 2.42. The SMILES string of the molecule is C[C@H]1CCCN(C(=O)c2nc3c4c5c(sc4ncn3n2)CCC[C@@H]5C)C1. The Bertz CT molecular complexity index is 1010. The smallest absolute Gasteiger partial charge is 0.293 e. The second kappa shape index (κ2) is 6.01. The molecule has 1 aliphatic carbocycles. The highest BCUT2D eigenvalue weighted by molar-refractivity contribution is 7.19. The van der Waals surface area contributed by atoms with Crippen molar-refractivity contribution in [2.24, 2.45) is 5.92 Å². The number of hydrogen-bond acceptors (Lipinski definition) is 5. The first kappa shape index (κ1) is 16.2. The predicted molar refractivity (Wildman–Crippen MR) is 102 cm³/mol. The molecule has 1 saturated heterocycles. The van der Waals surface area contributed by atoms with E-state index in [4.69, 9.17) is 0 Å². The van der Waals surface area contributed by atoms with Crippen LogP contribution in [0.25, 0.3) is 15.9 Å². The Morgan fingerprint density at radius 2 is 2.15 bits per heavy atom. The average molecular weight is 369 g/mol. The van der Waals surface area contributed by atoms with Gasteiger partial charge in [0.15, 0.2) is 5.65 Å². The quantitative estimate of drug-likeness (QED) is 0.657. The van der Waals surface area contributed by atoms with E-state index >= 15 is 0 Å². The van der Waals surface area contributed by atoms with Crippen molar-refractivity contribution in [2.75, 3.05) is 13.1 Å². The molecular formula is C19H23N5OS. The Morgan fingerprint density at radius 3 is 3.00 bits per heavy atom.